The SMILES string of the molecule is O=C(NC[C@@H]1CCCO1)c1oc2c(c1C(F)(F)F)-c1nn(Cc3ccncc3)cc1C1(CCC1)C2. The Hall–Kier alpha value is -3.14. The van der Waals surface area contributed by atoms with E-state index in [0.29, 0.717) is 19.6 Å². The van der Waals surface area contributed by atoms with Crippen LogP contribution >= 0.6 is 0 Å². The van der Waals surface area contributed by atoms with E-state index < -0.39 is 23.4 Å². The van der Waals surface area contributed by atoms with Crippen molar-refractivity contribution in [3.63, 3.8) is 0 Å². The third-order valence-electron chi connectivity index (χ3n) is 7.46. The van der Waals surface area contributed by atoms with Crippen LogP contribution in [0.1, 0.15) is 65.1 Å². The number of hydrogen-bond donors (Lipinski definition) is 1. The quantitative estimate of drug-likeness (QED) is 0.575. The fourth-order valence-corrected chi connectivity index (χ4v) is 5.58. The van der Waals surface area contributed by atoms with Crippen molar-refractivity contribution in [1.82, 2.24) is 20.1 Å². The molecule has 1 aliphatic heterocycles. The maximum Gasteiger partial charge on any atom is 0.420 e. The minimum Gasteiger partial charge on any atom is -0.454 e. The van der Waals surface area contributed by atoms with Crippen molar-refractivity contribution < 1.29 is 27.1 Å². The van der Waals surface area contributed by atoms with E-state index in [-0.39, 0.29) is 35.1 Å². The summed E-state index contributed by atoms with van der Waals surface area (Å²) in [7, 11) is 0. The third kappa shape index (κ3) is 3.84. The van der Waals surface area contributed by atoms with Crippen LogP contribution in [0.2, 0.25) is 0 Å². The number of ether oxygens (including phenoxy) is 1. The topological polar surface area (TPSA) is 82.2 Å². The molecule has 6 rings (SSSR count). The largest absolute Gasteiger partial charge is 0.454 e. The Kier molecular flexibility index (Phi) is 5.24. The smallest absolute Gasteiger partial charge is 0.420 e. The first-order chi connectivity index (χ1) is 16.8. The van der Waals surface area contributed by atoms with E-state index in [1.54, 1.807) is 17.1 Å². The van der Waals surface area contributed by atoms with Gasteiger partial charge in [-0.2, -0.15) is 18.3 Å². The van der Waals surface area contributed by atoms with Crippen LogP contribution in [0.5, 0.6) is 0 Å². The number of aromatic nitrogens is 3. The van der Waals surface area contributed by atoms with Gasteiger partial charge in [0.15, 0.2) is 0 Å². The number of alkyl halides is 3. The Morgan fingerprint density at radius 1 is 1.23 bits per heavy atom. The first-order valence-corrected chi connectivity index (χ1v) is 11.9. The van der Waals surface area contributed by atoms with Gasteiger partial charge >= 0.3 is 6.18 Å². The van der Waals surface area contributed by atoms with Gasteiger partial charge in [0.2, 0.25) is 5.76 Å². The third-order valence-corrected chi connectivity index (χ3v) is 7.46. The van der Waals surface area contributed by atoms with Crippen LogP contribution in [0.15, 0.2) is 35.1 Å². The fourth-order valence-electron chi connectivity index (χ4n) is 5.58. The molecular formula is C25H25F3N4O3. The summed E-state index contributed by atoms with van der Waals surface area (Å²) in [5.41, 5.74) is 0.588. The van der Waals surface area contributed by atoms with Crippen LogP contribution in [0.25, 0.3) is 11.3 Å². The summed E-state index contributed by atoms with van der Waals surface area (Å²) in [5, 5.41) is 7.19. The van der Waals surface area contributed by atoms with Crippen molar-refractivity contribution in [1.29, 1.82) is 0 Å². The number of hydrogen-bond acceptors (Lipinski definition) is 5. The number of carbonyl (C=O) groups excluding carboxylic acids is 1. The molecule has 1 saturated heterocycles. The van der Waals surface area contributed by atoms with Crippen LogP contribution in [0.3, 0.4) is 0 Å². The van der Waals surface area contributed by atoms with E-state index >= 15 is 0 Å². The Morgan fingerprint density at radius 2 is 2.03 bits per heavy atom. The number of pyridine rings is 1. The lowest BCUT2D eigenvalue weighted by Gasteiger charge is -2.43. The number of carbonyl (C=O) groups is 1. The van der Waals surface area contributed by atoms with E-state index in [9.17, 15) is 18.0 Å². The van der Waals surface area contributed by atoms with E-state index in [0.717, 1.165) is 43.2 Å². The highest BCUT2D eigenvalue weighted by molar-refractivity contribution is 5.96. The molecule has 1 amide bonds. The first-order valence-electron chi connectivity index (χ1n) is 11.9. The standard InChI is InChI=1S/C25H25F3N4O3/c26-25(27,28)20-19-18(35-22(20)23(33)30-12-16-3-1-10-34-16)11-24(6-2-7-24)17-14-32(31-21(17)19)13-15-4-8-29-9-5-15/h4-5,8-9,14,16H,1-3,6-7,10-13H2,(H,30,33)/t16-/m0/s1. The van der Waals surface area contributed by atoms with E-state index in [1.165, 1.54) is 0 Å². The number of halogens is 3. The molecule has 0 unspecified atom stereocenters. The summed E-state index contributed by atoms with van der Waals surface area (Å²) in [5.74, 6) is -1.37. The molecule has 1 N–H and O–H groups in total. The van der Waals surface area contributed by atoms with Crippen molar-refractivity contribution in [2.45, 2.75) is 62.8 Å². The molecular weight excluding hydrogens is 461 g/mol. The highest BCUT2D eigenvalue weighted by atomic mass is 19.4. The van der Waals surface area contributed by atoms with Gasteiger partial charge in [-0.05, 0) is 43.4 Å². The average molecular weight is 486 g/mol. The van der Waals surface area contributed by atoms with Gasteiger partial charge in [-0.1, -0.05) is 6.42 Å². The van der Waals surface area contributed by atoms with E-state index in [4.69, 9.17) is 9.15 Å². The van der Waals surface area contributed by atoms with Crippen LogP contribution in [0, 0.1) is 0 Å². The van der Waals surface area contributed by atoms with Crippen molar-refractivity contribution >= 4 is 5.91 Å². The Balaban J connectivity index is 1.41. The molecule has 184 valence electrons. The normalized spacial score (nSPS) is 20.4. The van der Waals surface area contributed by atoms with Crippen molar-refractivity contribution in [2.75, 3.05) is 13.2 Å². The van der Waals surface area contributed by atoms with Crippen LogP contribution < -0.4 is 5.32 Å². The molecule has 1 spiro atoms. The molecule has 4 heterocycles. The summed E-state index contributed by atoms with van der Waals surface area (Å²) in [6, 6.07) is 3.70. The number of nitrogens with zero attached hydrogens (tertiary/aromatic N) is 3. The lowest BCUT2D eigenvalue weighted by Crippen LogP contribution is -2.38. The predicted octanol–water partition coefficient (Wildman–Crippen LogP) is 4.49. The molecule has 0 bridgehead atoms. The number of rotatable bonds is 5. The zero-order chi connectivity index (χ0) is 24.2. The second kappa shape index (κ2) is 8.22. The van der Waals surface area contributed by atoms with Gasteiger partial charge in [-0.15, -0.1) is 0 Å². The summed E-state index contributed by atoms with van der Waals surface area (Å²) in [6.45, 7) is 1.16. The summed E-state index contributed by atoms with van der Waals surface area (Å²) < 4.78 is 56.1. The van der Waals surface area contributed by atoms with Crippen molar-refractivity contribution in [3.8, 4) is 11.3 Å². The second-order valence-corrected chi connectivity index (χ2v) is 9.70. The Morgan fingerprint density at radius 3 is 2.69 bits per heavy atom. The number of nitrogens with one attached hydrogen (secondary N) is 1. The minimum atomic E-state index is -4.77. The molecule has 35 heavy (non-hydrogen) atoms. The average Bonchev–Trinajstić information content (AvgIpc) is 3.53. The maximum atomic E-state index is 14.4. The molecule has 2 fully saturated rings. The molecule has 10 heteroatoms. The van der Waals surface area contributed by atoms with E-state index in [2.05, 4.69) is 15.4 Å². The molecule has 2 aliphatic carbocycles. The number of furan rings is 1. The van der Waals surface area contributed by atoms with Gasteiger partial charge in [-0.25, -0.2) is 0 Å². The van der Waals surface area contributed by atoms with Gasteiger partial charge in [0.05, 0.1) is 18.2 Å². The van der Waals surface area contributed by atoms with Crippen LogP contribution in [-0.2, 0) is 29.3 Å². The molecule has 3 aromatic heterocycles. The van der Waals surface area contributed by atoms with Crippen LogP contribution in [-0.4, -0.2) is 39.9 Å². The van der Waals surface area contributed by atoms with Gasteiger partial charge in [0.25, 0.3) is 5.91 Å². The summed E-state index contributed by atoms with van der Waals surface area (Å²) >= 11 is 0. The second-order valence-electron chi connectivity index (χ2n) is 9.70. The number of amides is 1. The molecule has 1 atom stereocenters. The summed E-state index contributed by atoms with van der Waals surface area (Å²) in [4.78, 5) is 16.9. The van der Waals surface area contributed by atoms with Gasteiger partial charge in [0, 0.05) is 49.1 Å². The molecule has 0 aromatic carbocycles. The van der Waals surface area contributed by atoms with Crippen LogP contribution in [0.4, 0.5) is 13.2 Å². The van der Waals surface area contributed by atoms with E-state index in [1.807, 2.05) is 18.3 Å². The van der Waals surface area contributed by atoms with Crippen molar-refractivity contribution in [3.05, 3.63) is 58.9 Å². The zero-order valence-corrected chi connectivity index (χ0v) is 19.0. The highest BCUT2D eigenvalue weighted by Crippen LogP contribution is 2.56. The molecule has 3 aromatic rings. The lowest BCUT2D eigenvalue weighted by molar-refractivity contribution is -0.137. The summed E-state index contributed by atoms with van der Waals surface area (Å²) in [6.07, 6.45) is 4.90. The fraction of sp³-hybridized carbons (Fsp3) is 0.480. The molecule has 0 radical (unpaired) electrons. The highest BCUT2D eigenvalue weighted by Gasteiger charge is 2.52. The Labute approximate surface area is 199 Å². The van der Waals surface area contributed by atoms with Crippen molar-refractivity contribution in [2.24, 2.45) is 0 Å². The minimum absolute atomic E-state index is 0.0965. The lowest BCUT2D eigenvalue weighted by atomic mass is 9.59. The first kappa shape index (κ1) is 22.3. The number of fused-ring (bicyclic) bond motifs is 4. The molecule has 7 nitrogen and oxygen atoms in total. The van der Waals surface area contributed by atoms with Gasteiger partial charge < -0.3 is 14.5 Å². The predicted molar refractivity (Wildman–Crippen MR) is 119 cm³/mol. The molecule has 1 saturated carbocycles. The van der Waals surface area contributed by atoms with Gasteiger partial charge in [0.1, 0.15) is 17.0 Å². The monoisotopic (exact) mass is 486 g/mol. The molecule has 3 aliphatic rings. The maximum absolute atomic E-state index is 14.4. The Bertz CT molecular complexity index is 1250. The van der Waals surface area contributed by atoms with Gasteiger partial charge in [-0.3, -0.25) is 14.5 Å². The zero-order valence-electron chi connectivity index (χ0n) is 19.0.